The average Bonchev–Trinajstić information content (AvgIpc) is 2.85. The SMILES string of the molecule is CC(C)(C)C(=O)c1ccc(C2OCCO2)s1. The highest BCUT2D eigenvalue weighted by Gasteiger charge is 2.26. The van der Waals surface area contributed by atoms with Crippen LogP contribution in [0.15, 0.2) is 12.1 Å². The van der Waals surface area contributed by atoms with Gasteiger partial charge in [0.25, 0.3) is 0 Å². The van der Waals surface area contributed by atoms with E-state index in [1.165, 1.54) is 11.3 Å². The van der Waals surface area contributed by atoms with Crippen molar-refractivity contribution < 1.29 is 14.3 Å². The lowest BCUT2D eigenvalue weighted by Crippen LogP contribution is -2.18. The predicted molar refractivity (Wildman–Crippen MR) is 62.7 cm³/mol. The lowest BCUT2D eigenvalue weighted by atomic mass is 9.90. The van der Waals surface area contributed by atoms with Crippen LogP contribution in [0.4, 0.5) is 0 Å². The Morgan fingerprint density at radius 2 is 1.94 bits per heavy atom. The molecule has 0 amide bonds. The highest BCUT2D eigenvalue weighted by Crippen LogP contribution is 2.32. The first-order valence-corrected chi connectivity index (χ1v) is 6.18. The third kappa shape index (κ3) is 2.34. The lowest BCUT2D eigenvalue weighted by Gasteiger charge is -2.14. The van der Waals surface area contributed by atoms with E-state index in [2.05, 4.69) is 0 Å². The molecule has 4 heteroatoms. The van der Waals surface area contributed by atoms with Crippen LogP contribution in [0, 0.1) is 5.41 Å². The van der Waals surface area contributed by atoms with E-state index in [1.54, 1.807) is 0 Å². The molecule has 1 aromatic heterocycles. The molecule has 0 aliphatic carbocycles. The van der Waals surface area contributed by atoms with Gasteiger partial charge in [0, 0.05) is 5.41 Å². The van der Waals surface area contributed by atoms with Gasteiger partial charge in [0.2, 0.25) is 0 Å². The Morgan fingerprint density at radius 3 is 2.50 bits per heavy atom. The monoisotopic (exact) mass is 240 g/mol. The van der Waals surface area contributed by atoms with Gasteiger partial charge in [-0.05, 0) is 12.1 Å². The summed E-state index contributed by atoms with van der Waals surface area (Å²) in [6.45, 7) is 7.04. The van der Waals surface area contributed by atoms with Gasteiger partial charge in [-0.2, -0.15) is 0 Å². The molecule has 2 heterocycles. The zero-order chi connectivity index (χ0) is 11.8. The van der Waals surface area contributed by atoms with Crippen LogP contribution in [0.2, 0.25) is 0 Å². The van der Waals surface area contributed by atoms with Crippen molar-refractivity contribution in [3.8, 4) is 0 Å². The van der Waals surface area contributed by atoms with Crippen LogP contribution in [-0.4, -0.2) is 19.0 Å². The number of ether oxygens (including phenoxy) is 2. The molecule has 0 atom stereocenters. The van der Waals surface area contributed by atoms with Crippen LogP contribution in [-0.2, 0) is 9.47 Å². The van der Waals surface area contributed by atoms with Gasteiger partial charge in [0.15, 0.2) is 12.1 Å². The van der Waals surface area contributed by atoms with Crippen molar-refractivity contribution in [2.24, 2.45) is 5.41 Å². The molecule has 0 aromatic carbocycles. The number of hydrogen-bond acceptors (Lipinski definition) is 4. The van der Waals surface area contributed by atoms with E-state index in [9.17, 15) is 4.79 Å². The van der Waals surface area contributed by atoms with Crippen LogP contribution in [0.3, 0.4) is 0 Å². The van der Waals surface area contributed by atoms with E-state index in [4.69, 9.17) is 9.47 Å². The molecule has 2 rings (SSSR count). The second-order valence-corrected chi connectivity index (χ2v) is 5.97. The van der Waals surface area contributed by atoms with Crippen molar-refractivity contribution in [1.29, 1.82) is 0 Å². The summed E-state index contributed by atoms with van der Waals surface area (Å²) in [4.78, 5) is 13.8. The molecule has 0 unspecified atom stereocenters. The zero-order valence-electron chi connectivity index (χ0n) is 9.78. The molecule has 88 valence electrons. The van der Waals surface area contributed by atoms with Gasteiger partial charge >= 0.3 is 0 Å². The van der Waals surface area contributed by atoms with E-state index in [-0.39, 0.29) is 17.5 Å². The van der Waals surface area contributed by atoms with Crippen molar-refractivity contribution in [3.63, 3.8) is 0 Å². The van der Waals surface area contributed by atoms with E-state index in [0.29, 0.717) is 13.2 Å². The molecule has 1 fully saturated rings. The molecule has 1 saturated heterocycles. The summed E-state index contributed by atoms with van der Waals surface area (Å²) in [7, 11) is 0. The van der Waals surface area contributed by atoms with Crippen LogP contribution >= 0.6 is 11.3 Å². The number of thiophene rings is 1. The number of carbonyl (C=O) groups is 1. The van der Waals surface area contributed by atoms with E-state index in [0.717, 1.165) is 9.75 Å². The fourth-order valence-corrected chi connectivity index (χ4v) is 2.65. The number of ketones is 1. The van der Waals surface area contributed by atoms with Crippen LogP contribution in [0.5, 0.6) is 0 Å². The van der Waals surface area contributed by atoms with Gasteiger partial charge in [-0.1, -0.05) is 20.8 Å². The second kappa shape index (κ2) is 4.28. The Morgan fingerprint density at radius 1 is 1.31 bits per heavy atom. The normalized spacial score (nSPS) is 17.9. The van der Waals surface area contributed by atoms with Gasteiger partial charge in [0.05, 0.1) is 23.0 Å². The molecular weight excluding hydrogens is 224 g/mol. The Hall–Kier alpha value is -0.710. The topological polar surface area (TPSA) is 35.5 Å². The van der Waals surface area contributed by atoms with Gasteiger partial charge in [-0.3, -0.25) is 4.79 Å². The van der Waals surface area contributed by atoms with E-state index < -0.39 is 0 Å². The van der Waals surface area contributed by atoms with Gasteiger partial charge in [0.1, 0.15) is 0 Å². The summed E-state index contributed by atoms with van der Waals surface area (Å²) in [5.41, 5.74) is -0.334. The van der Waals surface area contributed by atoms with E-state index in [1.807, 2.05) is 32.9 Å². The summed E-state index contributed by atoms with van der Waals surface area (Å²) in [5.74, 6) is 0.168. The molecule has 0 N–H and O–H groups in total. The van der Waals surface area contributed by atoms with Crippen molar-refractivity contribution >= 4 is 17.1 Å². The molecule has 0 radical (unpaired) electrons. The minimum absolute atomic E-state index is 0.168. The molecule has 0 saturated carbocycles. The number of hydrogen-bond donors (Lipinski definition) is 0. The molecule has 1 aliphatic rings. The molecule has 0 spiro atoms. The van der Waals surface area contributed by atoms with Crippen LogP contribution < -0.4 is 0 Å². The summed E-state index contributed by atoms with van der Waals surface area (Å²) >= 11 is 1.47. The maximum absolute atomic E-state index is 12.0. The highest BCUT2D eigenvalue weighted by molar-refractivity contribution is 7.14. The molecule has 16 heavy (non-hydrogen) atoms. The quantitative estimate of drug-likeness (QED) is 0.745. The summed E-state index contributed by atoms with van der Waals surface area (Å²) in [6.07, 6.45) is -0.272. The van der Waals surface area contributed by atoms with Crippen molar-refractivity contribution in [1.82, 2.24) is 0 Å². The first kappa shape index (κ1) is 11.8. The van der Waals surface area contributed by atoms with Crippen LogP contribution in [0.25, 0.3) is 0 Å². The molecule has 3 nitrogen and oxygen atoms in total. The standard InChI is InChI=1S/C12H16O3S/c1-12(2,3)10(13)8-4-5-9(16-8)11-14-6-7-15-11/h4-5,11H,6-7H2,1-3H3. The smallest absolute Gasteiger partial charge is 0.193 e. The Kier molecular flexibility index (Phi) is 3.15. The van der Waals surface area contributed by atoms with Crippen LogP contribution in [0.1, 0.15) is 41.6 Å². The lowest BCUT2D eigenvalue weighted by molar-refractivity contribution is -0.0413. The van der Waals surface area contributed by atoms with Gasteiger partial charge in [-0.25, -0.2) is 0 Å². The summed E-state index contributed by atoms with van der Waals surface area (Å²) < 4.78 is 10.8. The highest BCUT2D eigenvalue weighted by atomic mass is 32.1. The Bertz CT molecular complexity index is 383. The third-order valence-corrected chi connectivity index (χ3v) is 3.49. The fourth-order valence-electron chi connectivity index (χ4n) is 1.49. The molecule has 0 bridgehead atoms. The maximum atomic E-state index is 12.0. The van der Waals surface area contributed by atoms with Crippen molar-refractivity contribution in [2.75, 3.05) is 13.2 Å². The third-order valence-electron chi connectivity index (χ3n) is 2.39. The van der Waals surface area contributed by atoms with E-state index >= 15 is 0 Å². The first-order valence-electron chi connectivity index (χ1n) is 5.36. The predicted octanol–water partition coefficient (Wildman–Crippen LogP) is 3.02. The number of carbonyl (C=O) groups excluding carboxylic acids is 1. The van der Waals surface area contributed by atoms with Crippen molar-refractivity contribution in [2.45, 2.75) is 27.1 Å². The summed E-state index contributed by atoms with van der Waals surface area (Å²) in [5, 5.41) is 0. The zero-order valence-corrected chi connectivity index (χ0v) is 10.6. The average molecular weight is 240 g/mol. The fraction of sp³-hybridized carbons (Fsp3) is 0.583. The van der Waals surface area contributed by atoms with Crippen molar-refractivity contribution in [3.05, 3.63) is 21.9 Å². The minimum atomic E-state index is -0.334. The maximum Gasteiger partial charge on any atom is 0.193 e. The molecule has 1 aromatic rings. The Balaban J connectivity index is 2.16. The van der Waals surface area contributed by atoms with Gasteiger partial charge in [-0.15, -0.1) is 11.3 Å². The minimum Gasteiger partial charge on any atom is -0.345 e. The molecule has 1 aliphatic heterocycles. The number of Topliss-reactive ketones (excluding diaryl/α,β-unsaturated/α-hetero) is 1. The number of rotatable bonds is 2. The summed E-state index contributed by atoms with van der Waals surface area (Å²) in [6, 6.07) is 3.78. The van der Waals surface area contributed by atoms with Gasteiger partial charge < -0.3 is 9.47 Å². The molecular formula is C12H16O3S. The second-order valence-electron chi connectivity index (χ2n) is 4.85. The largest absolute Gasteiger partial charge is 0.345 e. The first-order chi connectivity index (χ1) is 7.48. The Labute approximate surface area is 99.4 Å².